The van der Waals surface area contributed by atoms with Gasteiger partial charge in [-0.3, -0.25) is 0 Å². The second kappa shape index (κ2) is 3.46. The molecule has 0 radical (unpaired) electrons. The van der Waals surface area contributed by atoms with Crippen molar-refractivity contribution in [2.45, 2.75) is 32.2 Å². The van der Waals surface area contributed by atoms with E-state index in [1.54, 1.807) is 0 Å². The Morgan fingerprint density at radius 2 is 2.00 bits per heavy atom. The highest BCUT2D eigenvalue weighted by Gasteiger charge is 2.34. The molecule has 0 amide bonds. The molecule has 1 aromatic carbocycles. The van der Waals surface area contributed by atoms with E-state index in [1.807, 2.05) is 0 Å². The summed E-state index contributed by atoms with van der Waals surface area (Å²) in [5.74, 6) is 1.32. The number of hydrogen-bond donors (Lipinski definition) is 0. The van der Waals surface area contributed by atoms with Crippen LogP contribution in [-0.4, -0.2) is 4.57 Å². The summed E-state index contributed by atoms with van der Waals surface area (Å²) in [6.45, 7) is 4.64. The lowest BCUT2D eigenvalue weighted by Gasteiger charge is -2.20. The molecule has 0 bridgehead atoms. The van der Waals surface area contributed by atoms with E-state index in [1.165, 1.54) is 23.4 Å². The van der Waals surface area contributed by atoms with E-state index in [2.05, 4.69) is 66.7 Å². The summed E-state index contributed by atoms with van der Waals surface area (Å²) in [6.07, 6.45) is 6.70. The van der Waals surface area contributed by atoms with Gasteiger partial charge >= 0.3 is 0 Å². The summed E-state index contributed by atoms with van der Waals surface area (Å²) < 4.78 is 4.64. The molecule has 88 valence electrons. The molecule has 0 fully saturated rings. The SMILES string of the molecule is C[n+]1ccn2c1-c1ccccc1CCC2(C)C. The molecule has 0 aliphatic carbocycles. The minimum atomic E-state index is 0.190. The van der Waals surface area contributed by atoms with Crippen LogP contribution in [0.4, 0.5) is 0 Å². The van der Waals surface area contributed by atoms with Crippen molar-refractivity contribution in [3.05, 3.63) is 42.2 Å². The maximum absolute atomic E-state index is 2.42. The van der Waals surface area contributed by atoms with Crippen molar-refractivity contribution in [2.75, 3.05) is 0 Å². The van der Waals surface area contributed by atoms with E-state index in [4.69, 9.17) is 0 Å². The second-order valence-corrected chi connectivity index (χ2v) is 5.57. The van der Waals surface area contributed by atoms with E-state index >= 15 is 0 Å². The van der Waals surface area contributed by atoms with Gasteiger partial charge in [-0.25, -0.2) is 9.13 Å². The Labute approximate surface area is 103 Å². The Bertz CT molecular complexity index is 564. The third-order valence-corrected chi connectivity index (χ3v) is 3.92. The van der Waals surface area contributed by atoms with E-state index in [9.17, 15) is 0 Å². The van der Waals surface area contributed by atoms with Crippen molar-refractivity contribution in [2.24, 2.45) is 7.05 Å². The predicted molar refractivity (Wildman–Crippen MR) is 68.7 cm³/mol. The fourth-order valence-electron chi connectivity index (χ4n) is 2.80. The number of fused-ring (bicyclic) bond motifs is 3. The summed E-state index contributed by atoms with van der Waals surface area (Å²) in [5, 5.41) is 0. The Morgan fingerprint density at radius 1 is 1.24 bits per heavy atom. The van der Waals surface area contributed by atoms with E-state index in [0.29, 0.717) is 0 Å². The van der Waals surface area contributed by atoms with Gasteiger partial charge in [0.2, 0.25) is 0 Å². The van der Waals surface area contributed by atoms with Gasteiger partial charge in [0.05, 0.1) is 12.6 Å². The van der Waals surface area contributed by atoms with Crippen molar-refractivity contribution in [3.8, 4) is 11.4 Å². The molecule has 2 heterocycles. The van der Waals surface area contributed by atoms with Crippen molar-refractivity contribution < 1.29 is 4.57 Å². The monoisotopic (exact) mass is 227 g/mol. The fraction of sp³-hybridized carbons (Fsp3) is 0.400. The lowest BCUT2D eigenvalue weighted by molar-refractivity contribution is -0.659. The number of nitrogens with zero attached hydrogens (tertiary/aromatic N) is 2. The average molecular weight is 227 g/mol. The van der Waals surface area contributed by atoms with Crippen LogP contribution < -0.4 is 4.57 Å². The van der Waals surface area contributed by atoms with Crippen LogP contribution in [0.25, 0.3) is 11.4 Å². The summed E-state index contributed by atoms with van der Waals surface area (Å²) in [4.78, 5) is 0. The first-order valence-electron chi connectivity index (χ1n) is 6.25. The molecule has 1 aromatic heterocycles. The second-order valence-electron chi connectivity index (χ2n) is 5.57. The van der Waals surface area contributed by atoms with Crippen LogP contribution in [0.15, 0.2) is 36.7 Å². The molecule has 2 heteroatoms. The molecule has 0 saturated heterocycles. The van der Waals surface area contributed by atoms with Crippen molar-refractivity contribution in [3.63, 3.8) is 0 Å². The number of benzene rings is 1. The normalized spacial score (nSPS) is 17.1. The smallest absolute Gasteiger partial charge is 0.233 e. The maximum Gasteiger partial charge on any atom is 0.289 e. The van der Waals surface area contributed by atoms with Gasteiger partial charge in [0.15, 0.2) is 0 Å². The van der Waals surface area contributed by atoms with Crippen LogP contribution in [0.3, 0.4) is 0 Å². The Hall–Kier alpha value is -1.57. The minimum Gasteiger partial charge on any atom is -0.233 e. The first-order valence-corrected chi connectivity index (χ1v) is 6.25. The first kappa shape index (κ1) is 10.6. The van der Waals surface area contributed by atoms with Crippen molar-refractivity contribution in [1.82, 2.24) is 4.57 Å². The predicted octanol–water partition coefficient (Wildman–Crippen LogP) is 2.66. The molecule has 1 aliphatic heterocycles. The fourth-order valence-corrected chi connectivity index (χ4v) is 2.80. The van der Waals surface area contributed by atoms with Crippen LogP contribution in [-0.2, 0) is 19.0 Å². The molecule has 0 atom stereocenters. The standard InChI is InChI=1S/C15H19N2/c1-15(2)9-8-12-6-4-5-7-13(12)14-16(3)10-11-17(14)15/h4-7,10-11H,8-9H2,1-3H3/q+1. The highest BCUT2D eigenvalue weighted by atomic mass is 15.2. The summed E-state index contributed by atoms with van der Waals surface area (Å²) in [5.41, 5.74) is 3.04. The van der Waals surface area contributed by atoms with Gasteiger partial charge in [-0.15, -0.1) is 0 Å². The van der Waals surface area contributed by atoms with Gasteiger partial charge in [-0.05, 0) is 38.3 Å². The molecule has 0 spiro atoms. The van der Waals surface area contributed by atoms with Crippen LogP contribution >= 0.6 is 0 Å². The molecule has 3 rings (SSSR count). The van der Waals surface area contributed by atoms with E-state index in [0.717, 1.165) is 6.42 Å². The van der Waals surface area contributed by atoms with E-state index in [-0.39, 0.29) is 5.54 Å². The molecular weight excluding hydrogens is 208 g/mol. The topological polar surface area (TPSA) is 8.81 Å². The number of aryl methyl sites for hydroxylation is 2. The number of hydrogen-bond acceptors (Lipinski definition) is 0. The molecule has 0 unspecified atom stereocenters. The Kier molecular flexibility index (Phi) is 2.15. The van der Waals surface area contributed by atoms with Crippen LogP contribution in [0.2, 0.25) is 0 Å². The molecule has 0 N–H and O–H groups in total. The van der Waals surface area contributed by atoms with Crippen LogP contribution in [0.5, 0.6) is 0 Å². The third kappa shape index (κ3) is 1.51. The quantitative estimate of drug-likeness (QED) is 0.612. The van der Waals surface area contributed by atoms with Crippen molar-refractivity contribution >= 4 is 0 Å². The Balaban J connectivity index is 2.33. The molecular formula is C15H19N2+. The van der Waals surface area contributed by atoms with Gasteiger partial charge in [-0.1, -0.05) is 18.2 Å². The van der Waals surface area contributed by atoms with Gasteiger partial charge in [0, 0.05) is 0 Å². The third-order valence-electron chi connectivity index (χ3n) is 3.92. The number of aromatic nitrogens is 2. The minimum absolute atomic E-state index is 0.190. The lowest BCUT2D eigenvalue weighted by atomic mass is 9.96. The summed E-state index contributed by atoms with van der Waals surface area (Å²) in [6, 6.07) is 8.77. The lowest BCUT2D eigenvalue weighted by Crippen LogP contribution is -2.33. The molecule has 2 nitrogen and oxygen atoms in total. The number of rotatable bonds is 0. The Morgan fingerprint density at radius 3 is 2.82 bits per heavy atom. The zero-order chi connectivity index (χ0) is 12.0. The van der Waals surface area contributed by atoms with Gasteiger partial charge in [-0.2, -0.15) is 0 Å². The average Bonchev–Trinajstić information content (AvgIpc) is 2.64. The molecule has 1 aliphatic rings. The van der Waals surface area contributed by atoms with Gasteiger partial charge < -0.3 is 0 Å². The number of imidazole rings is 1. The highest BCUT2D eigenvalue weighted by Crippen LogP contribution is 2.34. The van der Waals surface area contributed by atoms with E-state index < -0.39 is 0 Å². The van der Waals surface area contributed by atoms with Crippen LogP contribution in [0, 0.1) is 0 Å². The molecule has 0 saturated carbocycles. The zero-order valence-corrected chi connectivity index (χ0v) is 10.8. The van der Waals surface area contributed by atoms with Gasteiger partial charge in [0.1, 0.15) is 17.9 Å². The first-order chi connectivity index (χ1) is 8.09. The van der Waals surface area contributed by atoms with Crippen molar-refractivity contribution in [1.29, 1.82) is 0 Å². The maximum atomic E-state index is 2.42. The van der Waals surface area contributed by atoms with Crippen LogP contribution in [0.1, 0.15) is 25.8 Å². The summed E-state index contributed by atoms with van der Waals surface area (Å²) >= 11 is 0. The zero-order valence-electron chi connectivity index (χ0n) is 10.8. The molecule has 2 aromatic rings. The van der Waals surface area contributed by atoms with Gasteiger partial charge in [0.25, 0.3) is 5.82 Å². The highest BCUT2D eigenvalue weighted by molar-refractivity contribution is 5.59. The largest absolute Gasteiger partial charge is 0.289 e. The molecule has 17 heavy (non-hydrogen) atoms. The summed E-state index contributed by atoms with van der Waals surface area (Å²) in [7, 11) is 2.13.